The molecular weight excluding hydrogens is 1220 g/mol. The summed E-state index contributed by atoms with van der Waals surface area (Å²) in [6.45, 7) is 21.5. The third-order valence-electron chi connectivity index (χ3n) is 22.0. The lowest BCUT2D eigenvalue weighted by Gasteiger charge is -2.59. The minimum Gasteiger partial charge on any atom is -0.462 e. The highest BCUT2D eigenvalue weighted by atomic mass is 19.4. The van der Waals surface area contributed by atoms with Gasteiger partial charge in [0.15, 0.2) is 12.2 Å². The highest BCUT2D eigenvalue weighted by molar-refractivity contribution is 5.79. The fourth-order valence-electron chi connectivity index (χ4n) is 14.9. The predicted octanol–water partition coefficient (Wildman–Crippen LogP) is 14.4. The SMILES string of the molecule is CCC(C)(C)C(=O)OC1(C2CCCC2)CCCCC1.CCC(C)(C)C(=O)OC12CC3CC(CC(O)(C3)C1)C2.CCC(C)(C)C(=O)OC1C2CC3C(=O)OC1C3O2.CCC(C)(C)C(=O)OC1CC(C(O)(C(F)(F)F)C(F)(F)F)CC(C(O)(C(F)(F)F)C(F)(F)F)C1. The molecule has 0 spiro atoms. The third-order valence-corrected chi connectivity index (χ3v) is 22.0. The third kappa shape index (κ3) is 15.4. The first-order valence-electron chi connectivity index (χ1n) is 32.2. The summed E-state index contributed by atoms with van der Waals surface area (Å²) in [5.74, 6) is -6.96. The molecule has 10 aliphatic rings. The van der Waals surface area contributed by atoms with Gasteiger partial charge in [0.2, 0.25) is 0 Å². The van der Waals surface area contributed by atoms with Gasteiger partial charge < -0.3 is 43.7 Å². The zero-order valence-corrected chi connectivity index (χ0v) is 54.0. The molecule has 0 amide bonds. The quantitative estimate of drug-likeness (QED) is 0.0794. The Kier molecular flexibility index (Phi) is 22.2. The molecule has 0 aromatic carbocycles. The number of hydrogen-bond acceptors (Lipinski definition) is 14. The van der Waals surface area contributed by atoms with Gasteiger partial charge in [-0.3, -0.25) is 24.0 Å². The first kappa shape index (κ1) is 75.4. The second-order valence-corrected chi connectivity index (χ2v) is 30.1. The average molecular weight is 1320 g/mol. The maximum absolute atomic E-state index is 13.3. The summed E-state index contributed by atoms with van der Waals surface area (Å²) in [6, 6.07) is 0. The van der Waals surface area contributed by atoms with E-state index in [-0.39, 0.29) is 65.0 Å². The van der Waals surface area contributed by atoms with E-state index in [1.807, 2.05) is 55.4 Å². The number of rotatable bonds is 15. The molecule has 3 aliphatic heterocycles. The van der Waals surface area contributed by atoms with Crippen LogP contribution in [0.3, 0.4) is 0 Å². The second kappa shape index (κ2) is 26.5. The van der Waals surface area contributed by atoms with E-state index >= 15 is 0 Å². The van der Waals surface area contributed by atoms with Crippen molar-refractivity contribution in [2.75, 3.05) is 0 Å². The number of esters is 5. The van der Waals surface area contributed by atoms with Gasteiger partial charge in [-0.2, -0.15) is 52.7 Å². The van der Waals surface area contributed by atoms with Crippen molar-refractivity contribution in [3.8, 4) is 0 Å². The number of aliphatic hydroxyl groups is 3. The topological polar surface area (TPSA) is 201 Å². The average Bonchev–Trinajstić information content (AvgIpc) is 0.881. The van der Waals surface area contributed by atoms with Crippen molar-refractivity contribution in [3.63, 3.8) is 0 Å². The lowest BCUT2D eigenvalue weighted by Crippen LogP contribution is -2.67. The molecule has 0 aromatic heterocycles. The van der Waals surface area contributed by atoms with Crippen LogP contribution in [0.5, 0.6) is 0 Å². The monoisotopic (exact) mass is 1320 g/mol. The first-order valence-corrected chi connectivity index (χ1v) is 32.2. The molecule has 26 heteroatoms. The Balaban J connectivity index is 0.000000198. The molecule has 3 saturated heterocycles. The van der Waals surface area contributed by atoms with Gasteiger partial charge in [-0.05, 0) is 195 Å². The standard InChI is InChI=1S/C18H22F12O4.C17H30O2.C16H26O3.C13H18O5/c1-4-12(2,3)11(31)34-10-6-8(13(32,15(19,20)21)16(22,23)24)5-9(7-10)14(33,17(25,26)27)18(28,29)30;1-4-16(2,3)15(18)19-17(12-8-5-9-13-17)14-10-6-7-11-14;1-4-14(2,3)13(17)19-16-8-11-5-12(9-16)7-15(18,6-11)10-16;1-4-13(2,3)12(15)18-9-7-5-6-8(16-7)10(9)17-11(6)14/h8-10,32-33H,4-7H2,1-3H3;14H,4-13H2,1-3H3;11-12,18H,4-10H2,1-3H3;6-10H,4-5H2,1-3H3. The van der Waals surface area contributed by atoms with Gasteiger partial charge in [0.05, 0.1) is 39.3 Å². The van der Waals surface area contributed by atoms with Crippen molar-refractivity contribution in [2.45, 2.75) is 314 Å². The number of carbonyl (C=O) groups is 5. The van der Waals surface area contributed by atoms with Crippen LogP contribution in [0.2, 0.25) is 0 Å². The normalized spacial score (nSPS) is 31.9. The molecule has 9 unspecified atom stereocenters. The first-order chi connectivity index (χ1) is 41.0. The van der Waals surface area contributed by atoms with Crippen LogP contribution in [0.15, 0.2) is 0 Å². The van der Waals surface area contributed by atoms with Crippen LogP contribution in [0.1, 0.15) is 231 Å². The summed E-state index contributed by atoms with van der Waals surface area (Å²) in [6.07, 6.45) is -15.4. The molecule has 9 atom stereocenters. The van der Waals surface area contributed by atoms with Crippen LogP contribution in [0, 0.1) is 57.2 Å². The van der Waals surface area contributed by atoms with Crippen molar-refractivity contribution in [2.24, 2.45) is 57.2 Å². The molecule has 3 N–H and O–H groups in total. The Labute approximate surface area is 520 Å². The van der Waals surface area contributed by atoms with E-state index in [0.29, 0.717) is 37.0 Å². The molecule has 7 aliphatic carbocycles. The lowest BCUT2D eigenvalue weighted by atomic mass is 9.52. The van der Waals surface area contributed by atoms with Gasteiger partial charge in [-0.1, -0.05) is 47.0 Å². The maximum atomic E-state index is 13.3. The summed E-state index contributed by atoms with van der Waals surface area (Å²) in [7, 11) is 0. The van der Waals surface area contributed by atoms with E-state index in [1.54, 1.807) is 0 Å². The summed E-state index contributed by atoms with van der Waals surface area (Å²) in [4.78, 5) is 60.7. The van der Waals surface area contributed by atoms with E-state index in [0.717, 1.165) is 51.4 Å². The number of carbonyl (C=O) groups excluding carboxylic acids is 5. The predicted molar refractivity (Wildman–Crippen MR) is 300 cm³/mol. The lowest BCUT2D eigenvalue weighted by molar-refractivity contribution is -0.405. The Morgan fingerprint density at radius 1 is 0.522 bits per heavy atom. The number of ether oxygens (including phenoxy) is 6. The van der Waals surface area contributed by atoms with Crippen LogP contribution in [0.25, 0.3) is 0 Å². The van der Waals surface area contributed by atoms with Gasteiger partial charge in [-0.25, -0.2) is 0 Å². The van der Waals surface area contributed by atoms with Gasteiger partial charge >= 0.3 is 54.6 Å². The molecule has 6 bridgehead atoms. The van der Waals surface area contributed by atoms with Gasteiger partial charge in [0.1, 0.15) is 23.4 Å². The number of fused-ring (bicyclic) bond motifs is 1. The zero-order chi connectivity index (χ0) is 68.2. The summed E-state index contributed by atoms with van der Waals surface area (Å²) >= 11 is 0. The van der Waals surface area contributed by atoms with Crippen molar-refractivity contribution >= 4 is 29.8 Å². The molecule has 14 nitrogen and oxygen atoms in total. The minimum atomic E-state index is -6.58. The highest BCUT2D eigenvalue weighted by Gasteiger charge is 2.79. The minimum absolute atomic E-state index is 0.0184. The van der Waals surface area contributed by atoms with Crippen molar-refractivity contribution in [1.82, 2.24) is 0 Å². The van der Waals surface area contributed by atoms with Crippen molar-refractivity contribution < 1.29 is 120 Å². The molecule has 3 heterocycles. The van der Waals surface area contributed by atoms with Crippen LogP contribution in [0.4, 0.5) is 52.7 Å². The summed E-state index contributed by atoms with van der Waals surface area (Å²) in [5, 5.41) is 29.9. The summed E-state index contributed by atoms with van der Waals surface area (Å²) < 4.78 is 193. The highest BCUT2D eigenvalue weighted by Crippen LogP contribution is 2.61. The van der Waals surface area contributed by atoms with Crippen LogP contribution in [-0.4, -0.2) is 128 Å². The fourth-order valence-corrected chi connectivity index (χ4v) is 14.9. The maximum Gasteiger partial charge on any atom is 0.426 e. The van der Waals surface area contributed by atoms with E-state index in [9.17, 15) is 92.0 Å². The van der Waals surface area contributed by atoms with E-state index in [1.165, 1.54) is 72.1 Å². The van der Waals surface area contributed by atoms with Crippen LogP contribution < -0.4 is 0 Å². The van der Waals surface area contributed by atoms with E-state index < -0.39 is 113 Å². The molecule has 520 valence electrons. The Bertz CT molecular complexity index is 2440. The van der Waals surface area contributed by atoms with Crippen LogP contribution >= 0.6 is 0 Å². The Morgan fingerprint density at radius 3 is 1.34 bits per heavy atom. The summed E-state index contributed by atoms with van der Waals surface area (Å²) in [5.41, 5.74) is -15.2. The molecule has 0 aromatic rings. The second-order valence-electron chi connectivity index (χ2n) is 30.1. The fraction of sp³-hybridized carbons (Fsp3) is 0.922. The van der Waals surface area contributed by atoms with Crippen molar-refractivity contribution in [1.29, 1.82) is 0 Å². The smallest absolute Gasteiger partial charge is 0.426 e. The molecule has 7 saturated carbocycles. The van der Waals surface area contributed by atoms with Crippen molar-refractivity contribution in [3.05, 3.63) is 0 Å². The number of alkyl halides is 12. The molecule has 0 radical (unpaired) electrons. The molecule has 10 fully saturated rings. The number of hydrogen-bond donors (Lipinski definition) is 3. The molecule has 90 heavy (non-hydrogen) atoms. The molecule has 10 rings (SSSR count). The van der Waals surface area contributed by atoms with Crippen LogP contribution in [-0.2, 0) is 52.4 Å². The zero-order valence-electron chi connectivity index (χ0n) is 54.0. The van der Waals surface area contributed by atoms with Gasteiger partial charge in [0.25, 0.3) is 11.2 Å². The Hall–Kier alpha value is -3.65. The van der Waals surface area contributed by atoms with Gasteiger partial charge in [0, 0.05) is 18.3 Å². The van der Waals surface area contributed by atoms with Gasteiger partial charge in [-0.15, -0.1) is 0 Å². The number of halogens is 12. The van der Waals surface area contributed by atoms with E-state index in [4.69, 9.17) is 28.4 Å². The largest absolute Gasteiger partial charge is 0.462 e. The Morgan fingerprint density at radius 2 is 0.933 bits per heavy atom. The molecular formula is C64H96F12O14. The van der Waals surface area contributed by atoms with E-state index in [2.05, 4.69) is 6.92 Å².